The van der Waals surface area contributed by atoms with Gasteiger partial charge < -0.3 is 16.0 Å². The average molecular weight is 518 g/mol. The van der Waals surface area contributed by atoms with E-state index in [-0.39, 0.29) is 29.9 Å². The van der Waals surface area contributed by atoms with Crippen molar-refractivity contribution < 1.29 is 14.4 Å². The molecule has 1 aliphatic rings. The Morgan fingerprint density at radius 3 is 2.32 bits per heavy atom. The Kier molecular flexibility index (Phi) is 9.57. The quantitative estimate of drug-likeness (QED) is 0.280. The van der Waals surface area contributed by atoms with E-state index in [0.717, 1.165) is 24.0 Å². The summed E-state index contributed by atoms with van der Waals surface area (Å²) in [4.78, 5) is 45.7. The van der Waals surface area contributed by atoms with Crippen LogP contribution in [0.2, 0.25) is 0 Å². The van der Waals surface area contributed by atoms with Gasteiger partial charge in [0.05, 0.1) is 6.04 Å². The number of hydrogen-bond donors (Lipinski definition) is 2. The van der Waals surface area contributed by atoms with Crippen LogP contribution in [0.3, 0.4) is 0 Å². The van der Waals surface area contributed by atoms with Gasteiger partial charge in [-0.3, -0.25) is 14.4 Å². The summed E-state index contributed by atoms with van der Waals surface area (Å²) in [6, 6.07) is 18.7. The third kappa shape index (κ3) is 6.90. The number of rotatable bonds is 12. The van der Waals surface area contributed by atoms with Gasteiger partial charge in [0.2, 0.25) is 17.6 Å². The van der Waals surface area contributed by atoms with E-state index in [4.69, 9.17) is 5.73 Å². The second-order valence-electron chi connectivity index (χ2n) is 9.36. The third-order valence-electron chi connectivity index (χ3n) is 6.88. The molecule has 1 aliphatic heterocycles. The van der Waals surface area contributed by atoms with E-state index >= 15 is 0 Å². The van der Waals surface area contributed by atoms with Crippen LogP contribution in [-0.2, 0) is 9.59 Å². The first-order valence-electron chi connectivity index (χ1n) is 12.8. The molecular weight excluding hydrogens is 484 g/mol. The number of carbonyl (C=O) groups excluding carboxylic acids is 3. The smallest absolute Gasteiger partial charge is 0.243 e. The molecule has 2 atom stereocenters. The van der Waals surface area contributed by atoms with Crippen molar-refractivity contribution in [3.05, 3.63) is 88.4 Å². The first kappa shape index (κ1) is 26.7. The number of likely N-dealkylation sites (tertiary alicyclic amines) is 1. The molecule has 0 saturated carbocycles. The van der Waals surface area contributed by atoms with Crippen LogP contribution in [0, 0.1) is 5.51 Å². The van der Waals surface area contributed by atoms with Crippen molar-refractivity contribution in [3.8, 4) is 0 Å². The predicted molar refractivity (Wildman–Crippen MR) is 144 cm³/mol. The van der Waals surface area contributed by atoms with Crippen molar-refractivity contribution in [2.45, 2.75) is 56.5 Å². The molecule has 0 aliphatic carbocycles. The zero-order valence-electron chi connectivity index (χ0n) is 20.8. The summed E-state index contributed by atoms with van der Waals surface area (Å²) < 4.78 is 0. The molecule has 37 heavy (non-hydrogen) atoms. The fourth-order valence-corrected chi connectivity index (χ4v) is 5.42. The largest absolute Gasteiger partial charge is 0.344 e. The minimum absolute atomic E-state index is 0.0598. The van der Waals surface area contributed by atoms with E-state index in [1.807, 2.05) is 60.7 Å². The maximum absolute atomic E-state index is 13.6. The Hall–Kier alpha value is -3.36. The van der Waals surface area contributed by atoms with Crippen molar-refractivity contribution in [1.82, 2.24) is 15.2 Å². The molecule has 3 N–H and O–H groups in total. The van der Waals surface area contributed by atoms with Gasteiger partial charge in [0.1, 0.15) is 11.7 Å². The third-order valence-corrected chi connectivity index (χ3v) is 7.42. The number of thiazole rings is 1. The molecule has 1 radical (unpaired) electrons. The van der Waals surface area contributed by atoms with E-state index in [0.29, 0.717) is 38.0 Å². The van der Waals surface area contributed by atoms with Gasteiger partial charge in [-0.15, -0.1) is 11.3 Å². The predicted octanol–water partition coefficient (Wildman–Crippen LogP) is 3.95. The summed E-state index contributed by atoms with van der Waals surface area (Å²) in [6.45, 7) is 1.05. The van der Waals surface area contributed by atoms with E-state index in [2.05, 4.69) is 15.8 Å². The lowest BCUT2D eigenvalue weighted by atomic mass is 9.88. The summed E-state index contributed by atoms with van der Waals surface area (Å²) in [5.74, 6) is -0.680. The van der Waals surface area contributed by atoms with Crippen LogP contribution in [0.5, 0.6) is 0 Å². The van der Waals surface area contributed by atoms with Crippen molar-refractivity contribution in [3.63, 3.8) is 0 Å². The Labute approximate surface area is 222 Å². The zero-order chi connectivity index (χ0) is 26.0. The summed E-state index contributed by atoms with van der Waals surface area (Å²) >= 11 is 1.22. The highest BCUT2D eigenvalue weighted by Gasteiger charge is 2.37. The van der Waals surface area contributed by atoms with Crippen LogP contribution in [0.4, 0.5) is 0 Å². The molecule has 1 fully saturated rings. The van der Waals surface area contributed by atoms with Crippen molar-refractivity contribution in [2.75, 3.05) is 13.1 Å². The van der Waals surface area contributed by atoms with E-state index < -0.39 is 12.1 Å². The fourth-order valence-electron chi connectivity index (χ4n) is 4.93. The number of amides is 2. The van der Waals surface area contributed by atoms with Gasteiger partial charge in [-0.2, -0.15) is 0 Å². The first-order chi connectivity index (χ1) is 18.1. The molecule has 2 heterocycles. The van der Waals surface area contributed by atoms with Crippen LogP contribution in [0.1, 0.15) is 66.1 Å². The van der Waals surface area contributed by atoms with Gasteiger partial charge in [-0.25, -0.2) is 4.98 Å². The van der Waals surface area contributed by atoms with Crippen LogP contribution in [0.25, 0.3) is 0 Å². The number of unbranched alkanes of at least 4 members (excludes halogenated alkanes) is 1. The van der Waals surface area contributed by atoms with Crippen molar-refractivity contribution in [2.24, 2.45) is 5.73 Å². The first-order valence-corrected chi connectivity index (χ1v) is 13.7. The summed E-state index contributed by atoms with van der Waals surface area (Å²) in [7, 11) is 0. The minimum atomic E-state index is -0.700. The number of ketones is 1. The highest BCUT2D eigenvalue weighted by atomic mass is 32.1. The molecule has 2 aromatic carbocycles. The second-order valence-corrected chi connectivity index (χ2v) is 10.0. The normalized spacial score (nSPS) is 16.1. The van der Waals surface area contributed by atoms with Gasteiger partial charge in [-0.1, -0.05) is 60.7 Å². The van der Waals surface area contributed by atoms with Crippen LogP contribution in [-0.4, -0.2) is 52.7 Å². The second kappa shape index (κ2) is 13.3. The van der Waals surface area contributed by atoms with Gasteiger partial charge in [0.25, 0.3) is 0 Å². The van der Waals surface area contributed by atoms with Gasteiger partial charge >= 0.3 is 0 Å². The molecule has 1 saturated heterocycles. The number of Topliss-reactive ketones (excluding diaryl/α,β-unsaturated/α-hetero) is 1. The SMILES string of the molecule is NCCCC[C@H](NC(=O)[C@@H]1CCCN1C(=O)CC(c1ccccc1)c1ccccc1)C(=O)c1cs[c]n1. The summed E-state index contributed by atoms with van der Waals surface area (Å²) in [6.07, 6.45) is 3.54. The molecule has 193 valence electrons. The average Bonchev–Trinajstić information content (AvgIpc) is 3.65. The lowest BCUT2D eigenvalue weighted by Gasteiger charge is -2.28. The van der Waals surface area contributed by atoms with Crippen LogP contribution >= 0.6 is 11.3 Å². The lowest BCUT2D eigenvalue weighted by molar-refractivity contribution is -0.138. The Bertz CT molecular complexity index is 1110. The number of aromatic nitrogens is 1. The summed E-state index contributed by atoms with van der Waals surface area (Å²) in [5.41, 5.74) is 10.8. The number of nitrogens with two attached hydrogens (primary N) is 1. The lowest BCUT2D eigenvalue weighted by Crippen LogP contribution is -2.51. The number of nitrogens with one attached hydrogen (secondary N) is 1. The molecule has 1 aromatic heterocycles. The monoisotopic (exact) mass is 517 g/mol. The molecule has 8 heteroatoms. The number of carbonyl (C=O) groups is 3. The van der Waals surface area contributed by atoms with E-state index in [1.165, 1.54) is 11.3 Å². The van der Waals surface area contributed by atoms with Gasteiger partial charge in [0.15, 0.2) is 5.51 Å². The van der Waals surface area contributed by atoms with Crippen LogP contribution < -0.4 is 11.1 Å². The molecule has 0 unspecified atom stereocenters. The Morgan fingerprint density at radius 1 is 1.05 bits per heavy atom. The standard InChI is InChI=1S/C29H33N4O3S/c30-16-8-7-14-24(28(35)25-19-37-20-31-25)32-29(36)26-15-9-17-33(26)27(34)18-23(21-10-3-1-4-11-21)22-12-5-2-6-13-22/h1-6,10-13,19,23-24,26H,7-9,14-18,30H2,(H,32,36)/t24-,26-/m0/s1. The Morgan fingerprint density at radius 2 is 1.73 bits per heavy atom. The zero-order valence-corrected chi connectivity index (χ0v) is 21.7. The highest BCUT2D eigenvalue weighted by molar-refractivity contribution is 7.07. The van der Waals surface area contributed by atoms with Gasteiger partial charge in [-0.05, 0) is 49.8 Å². The maximum atomic E-state index is 13.6. The molecule has 4 rings (SSSR count). The molecule has 7 nitrogen and oxygen atoms in total. The molecular formula is C29H33N4O3S. The summed E-state index contributed by atoms with van der Waals surface area (Å²) in [5, 5.41) is 4.58. The number of hydrogen-bond acceptors (Lipinski definition) is 6. The number of benzene rings is 2. The minimum Gasteiger partial charge on any atom is -0.344 e. The Balaban J connectivity index is 1.47. The number of nitrogens with zero attached hydrogens (tertiary/aromatic N) is 2. The molecule has 0 spiro atoms. The van der Waals surface area contributed by atoms with E-state index in [1.54, 1.807) is 10.3 Å². The van der Waals surface area contributed by atoms with Crippen LogP contribution in [0.15, 0.2) is 66.0 Å². The van der Waals surface area contributed by atoms with Crippen molar-refractivity contribution >= 4 is 28.9 Å². The van der Waals surface area contributed by atoms with Crippen molar-refractivity contribution in [1.29, 1.82) is 0 Å². The fraction of sp³-hybridized carbons (Fsp3) is 0.379. The van der Waals surface area contributed by atoms with Gasteiger partial charge in [0, 0.05) is 24.3 Å². The highest BCUT2D eigenvalue weighted by Crippen LogP contribution is 2.30. The van der Waals surface area contributed by atoms with E-state index in [9.17, 15) is 14.4 Å². The molecule has 3 aromatic rings. The molecule has 0 bridgehead atoms. The maximum Gasteiger partial charge on any atom is 0.243 e. The topological polar surface area (TPSA) is 105 Å². The molecule has 2 amide bonds.